The first-order valence-electron chi connectivity index (χ1n) is 8.19. The maximum atomic E-state index is 12.6. The summed E-state index contributed by atoms with van der Waals surface area (Å²) in [5.74, 6) is 1.60. The molecule has 27 heavy (non-hydrogen) atoms. The van der Waals surface area contributed by atoms with Crippen molar-refractivity contribution in [2.75, 3.05) is 26.6 Å². The summed E-state index contributed by atoms with van der Waals surface area (Å²) in [5.41, 5.74) is 3.20. The van der Waals surface area contributed by atoms with Crippen molar-refractivity contribution < 1.29 is 19.0 Å². The lowest BCUT2D eigenvalue weighted by Crippen LogP contribution is -2.13. The average molecular weight is 384 g/mol. The first kappa shape index (κ1) is 18.7. The highest BCUT2D eigenvalue weighted by atomic mass is 32.1. The molecule has 0 aliphatic rings. The van der Waals surface area contributed by atoms with Crippen LogP contribution in [0.3, 0.4) is 0 Å². The molecule has 2 aromatic carbocycles. The number of nitrogens with zero attached hydrogens (tertiary/aromatic N) is 1. The van der Waals surface area contributed by atoms with Gasteiger partial charge in [0, 0.05) is 17.0 Å². The predicted molar refractivity (Wildman–Crippen MR) is 106 cm³/mol. The van der Waals surface area contributed by atoms with Gasteiger partial charge >= 0.3 is 0 Å². The van der Waals surface area contributed by atoms with E-state index in [1.165, 1.54) is 18.4 Å². The molecule has 0 saturated heterocycles. The topological polar surface area (TPSA) is 69.7 Å². The van der Waals surface area contributed by atoms with Crippen molar-refractivity contribution in [3.63, 3.8) is 0 Å². The molecular weight excluding hydrogens is 364 g/mol. The van der Waals surface area contributed by atoms with Gasteiger partial charge in [-0.15, -0.1) is 11.3 Å². The van der Waals surface area contributed by atoms with Gasteiger partial charge in [0.05, 0.1) is 32.6 Å². The third kappa shape index (κ3) is 4.03. The van der Waals surface area contributed by atoms with E-state index in [-0.39, 0.29) is 5.91 Å². The number of carbonyl (C=O) groups excluding carboxylic acids is 1. The van der Waals surface area contributed by atoms with Crippen molar-refractivity contribution in [2.45, 2.75) is 6.92 Å². The maximum absolute atomic E-state index is 12.6. The van der Waals surface area contributed by atoms with Gasteiger partial charge in [-0.05, 0) is 42.8 Å². The van der Waals surface area contributed by atoms with Crippen LogP contribution in [0.15, 0.2) is 41.8 Å². The molecule has 3 aromatic rings. The van der Waals surface area contributed by atoms with Gasteiger partial charge in [-0.1, -0.05) is 0 Å². The van der Waals surface area contributed by atoms with E-state index in [0.29, 0.717) is 22.2 Å². The summed E-state index contributed by atoms with van der Waals surface area (Å²) >= 11 is 1.36. The number of benzene rings is 2. The number of aryl methyl sites for hydroxylation is 1. The number of rotatable bonds is 6. The van der Waals surface area contributed by atoms with E-state index in [1.807, 2.05) is 30.5 Å². The lowest BCUT2D eigenvalue weighted by Gasteiger charge is -2.09. The van der Waals surface area contributed by atoms with Gasteiger partial charge in [0.15, 0.2) is 5.13 Å². The zero-order valence-electron chi connectivity index (χ0n) is 15.5. The van der Waals surface area contributed by atoms with Crippen LogP contribution in [0.5, 0.6) is 17.2 Å². The number of methoxy groups -OCH3 is 3. The van der Waals surface area contributed by atoms with Crippen LogP contribution in [0.25, 0.3) is 11.3 Å². The van der Waals surface area contributed by atoms with Crippen LogP contribution in [-0.2, 0) is 0 Å². The SMILES string of the molecule is COc1ccc(C(=O)Nc2nc(-c3ccc(OC)c(C)c3)cs2)c(OC)c1. The van der Waals surface area contributed by atoms with Gasteiger partial charge in [0.2, 0.25) is 0 Å². The van der Waals surface area contributed by atoms with Gasteiger partial charge < -0.3 is 14.2 Å². The Bertz CT molecular complexity index is 968. The highest BCUT2D eigenvalue weighted by molar-refractivity contribution is 7.14. The van der Waals surface area contributed by atoms with E-state index < -0.39 is 0 Å². The second-order valence-electron chi connectivity index (χ2n) is 5.74. The molecule has 0 aliphatic carbocycles. The van der Waals surface area contributed by atoms with Gasteiger partial charge in [0.25, 0.3) is 5.91 Å². The first-order chi connectivity index (χ1) is 13.0. The Balaban J connectivity index is 1.80. The van der Waals surface area contributed by atoms with Crippen LogP contribution in [-0.4, -0.2) is 32.2 Å². The number of aromatic nitrogens is 1. The molecule has 0 saturated carbocycles. The van der Waals surface area contributed by atoms with Crippen LogP contribution in [0.4, 0.5) is 5.13 Å². The molecule has 1 amide bonds. The van der Waals surface area contributed by atoms with Crippen LogP contribution in [0.2, 0.25) is 0 Å². The van der Waals surface area contributed by atoms with E-state index in [9.17, 15) is 4.79 Å². The third-order valence-electron chi connectivity index (χ3n) is 4.07. The fraction of sp³-hybridized carbons (Fsp3) is 0.200. The van der Waals surface area contributed by atoms with Gasteiger partial charge in [-0.3, -0.25) is 10.1 Å². The molecule has 1 heterocycles. The largest absolute Gasteiger partial charge is 0.497 e. The smallest absolute Gasteiger partial charge is 0.261 e. The summed E-state index contributed by atoms with van der Waals surface area (Å²) < 4.78 is 15.7. The number of hydrogen-bond acceptors (Lipinski definition) is 6. The summed E-state index contributed by atoms with van der Waals surface area (Å²) in [5, 5.41) is 5.24. The molecule has 0 aliphatic heterocycles. The lowest BCUT2D eigenvalue weighted by molar-refractivity contribution is 0.102. The van der Waals surface area contributed by atoms with E-state index in [2.05, 4.69) is 10.3 Å². The molecule has 0 bridgehead atoms. The van der Waals surface area contributed by atoms with E-state index in [1.54, 1.807) is 32.4 Å². The molecule has 0 atom stereocenters. The summed E-state index contributed by atoms with van der Waals surface area (Å²) in [7, 11) is 4.72. The minimum Gasteiger partial charge on any atom is -0.497 e. The van der Waals surface area contributed by atoms with Gasteiger partial charge in [0.1, 0.15) is 17.2 Å². The highest BCUT2D eigenvalue weighted by Crippen LogP contribution is 2.30. The molecule has 1 N–H and O–H groups in total. The summed E-state index contributed by atoms with van der Waals surface area (Å²) in [6.45, 7) is 1.98. The maximum Gasteiger partial charge on any atom is 0.261 e. The normalized spacial score (nSPS) is 10.4. The lowest BCUT2D eigenvalue weighted by atomic mass is 10.1. The second-order valence-corrected chi connectivity index (χ2v) is 6.60. The van der Waals surface area contributed by atoms with E-state index >= 15 is 0 Å². The molecule has 0 spiro atoms. The fourth-order valence-electron chi connectivity index (χ4n) is 2.65. The molecule has 0 unspecified atom stereocenters. The van der Waals surface area contributed by atoms with Crippen LogP contribution in [0.1, 0.15) is 15.9 Å². The number of hydrogen-bond donors (Lipinski definition) is 1. The molecule has 3 rings (SSSR count). The van der Waals surface area contributed by atoms with Crippen LogP contribution < -0.4 is 19.5 Å². The monoisotopic (exact) mass is 384 g/mol. The van der Waals surface area contributed by atoms with E-state index in [4.69, 9.17) is 14.2 Å². The van der Waals surface area contributed by atoms with Crippen molar-refractivity contribution >= 4 is 22.4 Å². The standard InChI is InChI=1S/C20H20N2O4S/c1-12-9-13(5-8-17(12)25-3)16-11-27-20(21-16)22-19(23)15-7-6-14(24-2)10-18(15)26-4/h5-11H,1-4H3,(H,21,22,23). The van der Waals surface area contributed by atoms with Crippen molar-refractivity contribution in [3.8, 4) is 28.5 Å². The van der Waals surface area contributed by atoms with Crippen molar-refractivity contribution in [2.24, 2.45) is 0 Å². The van der Waals surface area contributed by atoms with Crippen molar-refractivity contribution in [1.82, 2.24) is 4.98 Å². The minimum absolute atomic E-state index is 0.290. The molecular formula is C20H20N2O4S. The van der Waals surface area contributed by atoms with Crippen molar-refractivity contribution in [3.05, 3.63) is 52.9 Å². The fourth-order valence-corrected chi connectivity index (χ4v) is 3.37. The van der Waals surface area contributed by atoms with Crippen molar-refractivity contribution in [1.29, 1.82) is 0 Å². The van der Waals surface area contributed by atoms with Gasteiger partial charge in [-0.2, -0.15) is 0 Å². The number of carbonyl (C=O) groups is 1. The third-order valence-corrected chi connectivity index (χ3v) is 4.83. The number of ether oxygens (including phenoxy) is 3. The minimum atomic E-state index is -0.290. The summed E-state index contributed by atoms with van der Waals surface area (Å²) in [6.07, 6.45) is 0. The molecule has 7 heteroatoms. The summed E-state index contributed by atoms with van der Waals surface area (Å²) in [6, 6.07) is 10.9. The number of anilines is 1. The molecule has 140 valence electrons. The Hall–Kier alpha value is -3.06. The molecule has 0 fully saturated rings. The number of amides is 1. The molecule has 0 radical (unpaired) electrons. The highest BCUT2D eigenvalue weighted by Gasteiger charge is 2.15. The first-order valence-corrected chi connectivity index (χ1v) is 9.07. The Kier molecular flexibility index (Phi) is 5.61. The zero-order valence-corrected chi connectivity index (χ0v) is 16.3. The number of nitrogens with one attached hydrogen (secondary N) is 1. The zero-order chi connectivity index (χ0) is 19.4. The molecule has 1 aromatic heterocycles. The van der Waals surface area contributed by atoms with Crippen LogP contribution in [0, 0.1) is 6.92 Å². The second kappa shape index (κ2) is 8.09. The molecule has 6 nitrogen and oxygen atoms in total. The Morgan fingerprint density at radius 3 is 2.44 bits per heavy atom. The summed E-state index contributed by atoms with van der Waals surface area (Å²) in [4.78, 5) is 17.1. The van der Waals surface area contributed by atoms with Gasteiger partial charge in [-0.25, -0.2) is 4.98 Å². The number of thiazole rings is 1. The Morgan fingerprint density at radius 1 is 1.00 bits per heavy atom. The quantitative estimate of drug-likeness (QED) is 0.682. The van der Waals surface area contributed by atoms with E-state index in [0.717, 1.165) is 22.6 Å². The Morgan fingerprint density at radius 2 is 1.78 bits per heavy atom. The average Bonchev–Trinajstić information content (AvgIpc) is 3.15. The van der Waals surface area contributed by atoms with Crippen LogP contribution >= 0.6 is 11.3 Å². The Labute approximate surface area is 161 Å². The predicted octanol–water partition coefficient (Wildman–Crippen LogP) is 4.40.